The second-order valence-corrected chi connectivity index (χ2v) is 7.64. The van der Waals surface area contributed by atoms with Gasteiger partial charge in [-0.15, -0.1) is 10.2 Å². The van der Waals surface area contributed by atoms with E-state index < -0.39 is 0 Å². The second kappa shape index (κ2) is 7.75. The third-order valence-corrected chi connectivity index (χ3v) is 5.94. The quantitative estimate of drug-likeness (QED) is 0.658. The first kappa shape index (κ1) is 18.7. The fraction of sp³-hybridized carbons (Fsp3) is 0.333. The van der Waals surface area contributed by atoms with Crippen LogP contribution < -0.4 is 14.9 Å². The average Bonchev–Trinajstić information content (AvgIpc) is 3.29. The van der Waals surface area contributed by atoms with Crippen LogP contribution in [0.3, 0.4) is 0 Å². The highest BCUT2D eigenvalue weighted by Gasteiger charge is 2.31. The Labute approximate surface area is 169 Å². The molecule has 1 aliphatic rings. The van der Waals surface area contributed by atoms with Crippen LogP contribution >= 0.6 is 11.8 Å². The molecule has 0 spiro atoms. The molecule has 4 rings (SSSR count). The SMILES string of the molecule is CCOc1cc(OC)c(C2Nn3c(nnc3-c3ccccc3C)S2)cc1CC. The number of hydrogen-bond acceptors (Lipinski definition) is 6. The normalized spacial score (nSPS) is 15.2. The zero-order chi connectivity index (χ0) is 19.7. The van der Waals surface area contributed by atoms with Crippen LogP contribution in [-0.4, -0.2) is 28.6 Å². The van der Waals surface area contributed by atoms with Crippen molar-refractivity contribution in [1.29, 1.82) is 0 Å². The molecule has 1 unspecified atom stereocenters. The van der Waals surface area contributed by atoms with Crippen LogP contribution in [-0.2, 0) is 6.42 Å². The van der Waals surface area contributed by atoms with Gasteiger partial charge in [0.15, 0.2) is 5.82 Å². The monoisotopic (exact) mass is 396 g/mol. The maximum absolute atomic E-state index is 5.79. The molecule has 1 aliphatic heterocycles. The van der Waals surface area contributed by atoms with Crippen LogP contribution in [0.1, 0.15) is 35.9 Å². The van der Waals surface area contributed by atoms with Crippen LogP contribution in [0.15, 0.2) is 41.6 Å². The van der Waals surface area contributed by atoms with Crippen molar-refractivity contribution >= 4 is 11.8 Å². The molecule has 1 atom stereocenters. The van der Waals surface area contributed by atoms with Crippen molar-refractivity contribution in [2.45, 2.75) is 37.7 Å². The maximum Gasteiger partial charge on any atom is 0.212 e. The summed E-state index contributed by atoms with van der Waals surface area (Å²) < 4.78 is 13.4. The number of hydrogen-bond donors (Lipinski definition) is 1. The summed E-state index contributed by atoms with van der Waals surface area (Å²) in [5, 5.41) is 9.61. The number of ether oxygens (including phenoxy) is 2. The highest BCUT2D eigenvalue weighted by atomic mass is 32.2. The van der Waals surface area contributed by atoms with Crippen molar-refractivity contribution < 1.29 is 9.47 Å². The van der Waals surface area contributed by atoms with Gasteiger partial charge in [0.2, 0.25) is 5.16 Å². The third kappa shape index (κ3) is 3.20. The molecule has 0 saturated heterocycles. The molecular formula is C21H24N4O2S. The molecule has 7 heteroatoms. The van der Waals surface area contributed by atoms with Crippen molar-refractivity contribution in [3.63, 3.8) is 0 Å². The first-order valence-corrected chi connectivity index (χ1v) is 10.3. The van der Waals surface area contributed by atoms with Gasteiger partial charge >= 0.3 is 0 Å². The van der Waals surface area contributed by atoms with Gasteiger partial charge < -0.3 is 14.9 Å². The number of thioether (sulfide) groups is 1. The largest absolute Gasteiger partial charge is 0.496 e. The molecule has 2 heterocycles. The molecular weight excluding hydrogens is 372 g/mol. The van der Waals surface area contributed by atoms with Gasteiger partial charge in [0, 0.05) is 17.2 Å². The summed E-state index contributed by atoms with van der Waals surface area (Å²) >= 11 is 1.64. The number of methoxy groups -OCH3 is 1. The van der Waals surface area contributed by atoms with Gasteiger partial charge in [0.25, 0.3) is 0 Å². The lowest BCUT2D eigenvalue weighted by Gasteiger charge is -2.19. The molecule has 146 valence electrons. The van der Waals surface area contributed by atoms with E-state index in [1.165, 1.54) is 11.1 Å². The predicted molar refractivity (Wildman–Crippen MR) is 112 cm³/mol. The fourth-order valence-corrected chi connectivity index (χ4v) is 4.43. The van der Waals surface area contributed by atoms with Crippen molar-refractivity contribution in [2.24, 2.45) is 0 Å². The summed E-state index contributed by atoms with van der Waals surface area (Å²) in [6, 6.07) is 12.4. The first-order valence-electron chi connectivity index (χ1n) is 9.44. The van der Waals surface area contributed by atoms with E-state index in [1.807, 2.05) is 29.8 Å². The molecule has 28 heavy (non-hydrogen) atoms. The Bertz CT molecular complexity index is 1000. The molecule has 0 aliphatic carbocycles. The number of nitrogens with one attached hydrogen (secondary N) is 1. The van der Waals surface area contributed by atoms with Crippen molar-refractivity contribution in [3.05, 3.63) is 53.1 Å². The summed E-state index contributed by atoms with van der Waals surface area (Å²) in [6.45, 7) is 6.84. The first-order chi connectivity index (χ1) is 13.7. The van der Waals surface area contributed by atoms with Crippen molar-refractivity contribution in [3.8, 4) is 22.9 Å². The zero-order valence-corrected chi connectivity index (χ0v) is 17.3. The van der Waals surface area contributed by atoms with Crippen LogP contribution in [0.2, 0.25) is 0 Å². The van der Waals surface area contributed by atoms with Gasteiger partial charge in [-0.1, -0.05) is 43.0 Å². The summed E-state index contributed by atoms with van der Waals surface area (Å²) in [5.41, 5.74) is 8.02. The van der Waals surface area contributed by atoms with E-state index in [2.05, 4.69) is 47.7 Å². The third-order valence-electron chi connectivity index (χ3n) is 4.86. The number of aromatic nitrogens is 3. The minimum Gasteiger partial charge on any atom is -0.496 e. The van der Waals surface area contributed by atoms with Gasteiger partial charge in [-0.3, -0.25) is 0 Å². The molecule has 0 amide bonds. The summed E-state index contributed by atoms with van der Waals surface area (Å²) in [4.78, 5) is 0. The van der Waals surface area contributed by atoms with E-state index in [4.69, 9.17) is 9.47 Å². The molecule has 0 fully saturated rings. The number of nitrogens with zero attached hydrogens (tertiary/aromatic N) is 3. The Hall–Kier alpha value is -2.67. The maximum atomic E-state index is 5.79. The molecule has 2 aromatic carbocycles. The van der Waals surface area contributed by atoms with Gasteiger partial charge in [-0.2, -0.15) is 0 Å². The minimum atomic E-state index is -0.0100. The number of rotatable bonds is 6. The molecule has 1 aromatic heterocycles. The van der Waals surface area contributed by atoms with Crippen molar-refractivity contribution in [1.82, 2.24) is 14.9 Å². The smallest absolute Gasteiger partial charge is 0.212 e. The van der Waals surface area contributed by atoms with Crippen LogP contribution in [0, 0.1) is 6.92 Å². The summed E-state index contributed by atoms with van der Waals surface area (Å²) in [6.07, 6.45) is 0.893. The number of aryl methyl sites for hydroxylation is 2. The zero-order valence-electron chi connectivity index (χ0n) is 16.5. The fourth-order valence-electron chi connectivity index (χ4n) is 3.42. The molecule has 0 radical (unpaired) electrons. The molecule has 0 bridgehead atoms. The Kier molecular flexibility index (Phi) is 5.17. The van der Waals surface area contributed by atoms with Gasteiger partial charge in [-0.05, 0) is 37.5 Å². The lowest BCUT2D eigenvalue weighted by Crippen LogP contribution is -2.15. The van der Waals surface area contributed by atoms with E-state index in [0.29, 0.717) is 6.61 Å². The molecule has 6 nitrogen and oxygen atoms in total. The van der Waals surface area contributed by atoms with E-state index in [0.717, 1.165) is 40.0 Å². The lowest BCUT2D eigenvalue weighted by molar-refractivity contribution is 0.332. The standard InChI is InChI=1S/C21H24N4O2S/c1-5-14-11-16(18(26-4)12-17(14)27-6-2)20-24-25-19(22-23-21(25)28-20)15-10-8-7-9-13(15)3/h7-12,20,24H,5-6H2,1-4H3. The van der Waals surface area contributed by atoms with Crippen molar-refractivity contribution in [2.75, 3.05) is 19.1 Å². The average molecular weight is 397 g/mol. The number of benzene rings is 2. The summed E-state index contributed by atoms with van der Waals surface area (Å²) in [7, 11) is 1.69. The van der Waals surface area contributed by atoms with Gasteiger partial charge in [0.1, 0.15) is 16.9 Å². The highest BCUT2D eigenvalue weighted by molar-refractivity contribution is 7.99. The Morgan fingerprint density at radius 1 is 1.14 bits per heavy atom. The summed E-state index contributed by atoms with van der Waals surface area (Å²) in [5.74, 6) is 2.51. The van der Waals surface area contributed by atoms with Gasteiger partial charge in [-0.25, -0.2) is 4.68 Å². The Balaban J connectivity index is 1.70. The highest BCUT2D eigenvalue weighted by Crippen LogP contribution is 2.45. The van der Waals surface area contributed by atoms with E-state index in [-0.39, 0.29) is 5.37 Å². The van der Waals surface area contributed by atoms with E-state index in [1.54, 1.807) is 18.9 Å². The van der Waals surface area contributed by atoms with Crippen LogP contribution in [0.5, 0.6) is 11.5 Å². The lowest BCUT2D eigenvalue weighted by atomic mass is 10.1. The van der Waals surface area contributed by atoms with Crippen LogP contribution in [0.4, 0.5) is 0 Å². The van der Waals surface area contributed by atoms with Gasteiger partial charge in [0.05, 0.1) is 13.7 Å². The van der Waals surface area contributed by atoms with Crippen LogP contribution in [0.25, 0.3) is 11.4 Å². The second-order valence-electron chi connectivity index (χ2n) is 6.57. The molecule has 1 N–H and O–H groups in total. The van der Waals surface area contributed by atoms with E-state index >= 15 is 0 Å². The molecule has 0 saturated carbocycles. The minimum absolute atomic E-state index is 0.0100. The molecule has 3 aromatic rings. The Morgan fingerprint density at radius 2 is 1.96 bits per heavy atom. The number of fused-ring (bicyclic) bond motifs is 1. The topological polar surface area (TPSA) is 61.2 Å². The van der Waals surface area contributed by atoms with E-state index in [9.17, 15) is 0 Å². The Morgan fingerprint density at radius 3 is 2.68 bits per heavy atom. The predicted octanol–water partition coefficient (Wildman–Crippen LogP) is 4.57.